The molecular formula is C4H3F3O3S. The maximum Gasteiger partial charge on any atom is 0.403 e. The molecule has 0 bridgehead atoms. The third-order valence-electron chi connectivity index (χ3n) is 0.811. The number of thiol groups is 1. The fourth-order valence-corrected chi connectivity index (χ4v) is 0.370. The van der Waals surface area contributed by atoms with E-state index in [0.717, 1.165) is 0 Å². The van der Waals surface area contributed by atoms with Gasteiger partial charge in [-0.2, -0.15) is 8.78 Å². The van der Waals surface area contributed by atoms with Gasteiger partial charge >= 0.3 is 11.9 Å². The van der Waals surface area contributed by atoms with Gasteiger partial charge in [0.1, 0.15) is 0 Å². The summed E-state index contributed by atoms with van der Waals surface area (Å²) in [6.07, 6.45) is 0. The molecule has 0 aliphatic rings. The third-order valence-corrected chi connectivity index (χ3v) is 0.977. The van der Waals surface area contributed by atoms with E-state index in [1.54, 1.807) is 0 Å². The molecule has 0 radical (unpaired) electrons. The first-order valence-electron chi connectivity index (χ1n) is 2.29. The van der Waals surface area contributed by atoms with Crippen LogP contribution >= 0.6 is 12.9 Å². The molecular weight excluding hydrogens is 185 g/mol. The van der Waals surface area contributed by atoms with Gasteiger partial charge in [0.2, 0.25) is 5.78 Å². The van der Waals surface area contributed by atoms with E-state index in [9.17, 15) is 22.8 Å². The maximum absolute atomic E-state index is 12.1. The fourth-order valence-electron chi connectivity index (χ4n) is 0.255. The number of carbonyl (C=O) groups excluding carboxylic acids is 2. The quantitative estimate of drug-likeness (QED) is 0.399. The molecule has 0 heterocycles. The second kappa shape index (κ2) is 3.61. The van der Waals surface area contributed by atoms with Crippen LogP contribution in [0.5, 0.6) is 0 Å². The van der Waals surface area contributed by atoms with Crippen molar-refractivity contribution < 1.29 is 26.9 Å². The highest BCUT2D eigenvalue weighted by Crippen LogP contribution is 2.17. The van der Waals surface area contributed by atoms with Crippen molar-refractivity contribution in [1.29, 1.82) is 0 Å². The molecule has 0 amide bonds. The van der Waals surface area contributed by atoms with Crippen LogP contribution in [0.25, 0.3) is 0 Å². The Bertz CT molecular complexity index is 163. The van der Waals surface area contributed by atoms with Gasteiger partial charge in [-0.3, -0.25) is 4.79 Å². The summed E-state index contributed by atoms with van der Waals surface area (Å²) in [7, 11) is 0. The Hall–Kier alpha value is -0.720. The lowest BCUT2D eigenvalue weighted by atomic mass is 10.2. The highest BCUT2D eigenvalue weighted by atomic mass is 32.1. The molecule has 0 aliphatic carbocycles. The second-order valence-electron chi connectivity index (χ2n) is 1.51. The van der Waals surface area contributed by atoms with Gasteiger partial charge in [-0.1, -0.05) is 0 Å². The lowest BCUT2D eigenvalue weighted by molar-refractivity contribution is -0.168. The highest BCUT2D eigenvalue weighted by Gasteiger charge is 2.48. The molecule has 11 heavy (non-hydrogen) atoms. The number of hydrogen-bond acceptors (Lipinski definition) is 4. The first-order valence-corrected chi connectivity index (χ1v) is 2.66. The zero-order valence-electron chi connectivity index (χ0n) is 5.01. The first-order chi connectivity index (χ1) is 4.96. The summed E-state index contributed by atoms with van der Waals surface area (Å²) >= 11 is 2.74. The molecule has 0 saturated heterocycles. The van der Waals surface area contributed by atoms with Gasteiger partial charge in [-0.25, -0.2) is 9.18 Å². The van der Waals surface area contributed by atoms with Crippen molar-refractivity contribution in [2.75, 3.05) is 6.67 Å². The van der Waals surface area contributed by atoms with Crippen LogP contribution in [-0.4, -0.2) is 24.3 Å². The van der Waals surface area contributed by atoms with Crippen LogP contribution in [0.2, 0.25) is 0 Å². The standard InChI is InChI=1S/C4H3F3O3S/c5-1-2(8)4(6,7)3(9)10-11/h11H,1H2. The predicted octanol–water partition coefficient (Wildman–Crippen LogP) is 0.548. The van der Waals surface area contributed by atoms with Gasteiger partial charge in [0.15, 0.2) is 6.67 Å². The van der Waals surface area contributed by atoms with Gasteiger partial charge in [0.05, 0.1) is 0 Å². The summed E-state index contributed by atoms with van der Waals surface area (Å²) in [5.41, 5.74) is 0. The van der Waals surface area contributed by atoms with Gasteiger partial charge in [-0.15, -0.1) is 0 Å². The molecule has 0 aromatic heterocycles. The predicted molar refractivity (Wildman–Crippen MR) is 31.0 cm³/mol. The topological polar surface area (TPSA) is 43.4 Å². The van der Waals surface area contributed by atoms with Crippen LogP contribution < -0.4 is 0 Å². The maximum atomic E-state index is 12.1. The van der Waals surface area contributed by atoms with E-state index in [2.05, 4.69) is 17.1 Å². The van der Waals surface area contributed by atoms with E-state index >= 15 is 0 Å². The molecule has 0 unspecified atom stereocenters. The van der Waals surface area contributed by atoms with Crippen LogP contribution in [0.4, 0.5) is 13.2 Å². The number of hydrogen-bond donors (Lipinski definition) is 1. The molecule has 64 valence electrons. The minimum absolute atomic E-state index is 1.92. The largest absolute Gasteiger partial charge is 0.403 e. The molecule has 0 rings (SSSR count). The fraction of sp³-hybridized carbons (Fsp3) is 0.500. The van der Waals surface area contributed by atoms with E-state index < -0.39 is 24.3 Å². The smallest absolute Gasteiger partial charge is 0.390 e. The van der Waals surface area contributed by atoms with E-state index in [1.807, 2.05) is 0 Å². The molecule has 0 spiro atoms. The molecule has 0 aromatic carbocycles. The minimum atomic E-state index is -4.43. The Morgan fingerprint density at radius 1 is 1.45 bits per heavy atom. The van der Waals surface area contributed by atoms with Crippen molar-refractivity contribution >= 4 is 24.7 Å². The highest BCUT2D eigenvalue weighted by molar-refractivity contribution is 7.75. The monoisotopic (exact) mass is 188 g/mol. The van der Waals surface area contributed by atoms with Crippen LogP contribution in [0, 0.1) is 0 Å². The number of alkyl halides is 3. The molecule has 0 fully saturated rings. The summed E-state index contributed by atoms with van der Waals surface area (Å²) in [6.45, 7) is -1.92. The number of rotatable bonds is 3. The SMILES string of the molecule is O=C(CF)C(F)(F)C(=O)OS. The summed E-state index contributed by atoms with van der Waals surface area (Å²) in [4.78, 5) is 20.0. The molecule has 0 saturated carbocycles. The van der Waals surface area contributed by atoms with Gasteiger partial charge in [0.25, 0.3) is 0 Å². The van der Waals surface area contributed by atoms with Gasteiger partial charge < -0.3 is 4.18 Å². The van der Waals surface area contributed by atoms with Crippen molar-refractivity contribution in [1.82, 2.24) is 0 Å². The Morgan fingerprint density at radius 2 is 1.91 bits per heavy atom. The molecule has 0 aromatic rings. The first kappa shape index (κ1) is 10.3. The van der Waals surface area contributed by atoms with Crippen molar-refractivity contribution in [3.8, 4) is 0 Å². The van der Waals surface area contributed by atoms with E-state index in [1.165, 1.54) is 0 Å². The third kappa shape index (κ3) is 2.11. The molecule has 0 atom stereocenters. The number of ketones is 1. The Kier molecular flexibility index (Phi) is 3.37. The number of halogens is 3. The normalized spacial score (nSPS) is 10.9. The Morgan fingerprint density at radius 3 is 2.18 bits per heavy atom. The Labute approximate surface area is 65.1 Å². The van der Waals surface area contributed by atoms with Crippen molar-refractivity contribution in [2.45, 2.75) is 5.92 Å². The summed E-state index contributed by atoms with van der Waals surface area (Å²) in [5, 5.41) is 0. The lowest BCUT2D eigenvalue weighted by Crippen LogP contribution is -2.39. The average molecular weight is 188 g/mol. The van der Waals surface area contributed by atoms with Gasteiger partial charge in [-0.05, 0) is 0 Å². The van der Waals surface area contributed by atoms with Gasteiger partial charge in [0, 0.05) is 12.9 Å². The number of carbonyl (C=O) groups is 2. The van der Waals surface area contributed by atoms with Crippen LogP contribution in [0.1, 0.15) is 0 Å². The number of Topliss-reactive ketones (excluding diaryl/α,β-unsaturated/α-hetero) is 1. The molecule has 0 aliphatic heterocycles. The molecule has 3 nitrogen and oxygen atoms in total. The molecule has 7 heteroatoms. The summed E-state index contributed by atoms with van der Waals surface area (Å²) in [6, 6.07) is 0. The summed E-state index contributed by atoms with van der Waals surface area (Å²) in [5.74, 6) is -8.75. The zero-order chi connectivity index (χ0) is 9.07. The lowest BCUT2D eigenvalue weighted by Gasteiger charge is -2.07. The van der Waals surface area contributed by atoms with Crippen molar-refractivity contribution in [3.63, 3.8) is 0 Å². The zero-order valence-corrected chi connectivity index (χ0v) is 5.91. The van der Waals surface area contributed by atoms with Crippen LogP contribution in [0.15, 0.2) is 0 Å². The van der Waals surface area contributed by atoms with E-state index in [0.29, 0.717) is 0 Å². The van der Waals surface area contributed by atoms with Crippen molar-refractivity contribution in [2.24, 2.45) is 0 Å². The van der Waals surface area contributed by atoms with Crippen LogP contribution in [0.3, 0.4) is 0 Å². The Balaban J connectivity index is 4.44. The van der Waals surface area contributed by atoms with Crippen LogP contribution in [-0.2, 0) is 13.8 Å². The average Bonchev–Trinajstić information content (AvgIpc) is 2.01. The second-order valence-corrected chi connectivity index (χ2v) is 1.69. The molecule has 0 N–H and O–H groups in total. The van der Waals surface area contributed by atoms with E-state index in [-0.39, 0.29) is 0 Å². The summed E-state index contributed by atoms with van der Waals surface area (Å²) < 4.78 is 38.8. The van der Waals surface area contributed by atoms with Crippen molar-refractivity contribution in [3.05, 3.63) is 0 Å². The van der Waals surface area contributed by atoms with E-state index in [4.69, 9.17) is 0 Å². The minimum Gasteiger partial charge on any atom is -0.390 e.